The molecule has 0 fully saturated rings. The summed E-state index contributed by atoms with van der Waals surface area (Å²) in [5.74, 6) is -0.222. The quantitative estimate of drug-likeness (QED) is 0.796. The highest BCUT2D eigenvalue weighted by Gasteiger charge is 2.16. The standard InChI is InChI=1S/C19H24N2O3S/c1-4-18(15-8-6-14(3)7-9-15)21-19(22)16-10-12-17(13-11-16)25(23,24)20-5-2/h6-13,18,20H,4-5H2,1-3H3,(H,21,22). The number of aryl methyl sites for hydroxylation is 1. The summed E-state index contributed by atoms with van der Waals surface area (Å²) in [6.07, 6.45) is 0.766. The molecule has 0 aliphatic carbocycles. The Labute approximate surface area is 149 Å². The van der Waals surface area contributed by atoms with E-state index in [0.717, 1.165) is 12.0 Å². The molecule has 134 valence electrons. The number of hydrogen-bond donors (Lipinski definition) is 2. The van der Waals surface area contributed by atoms with Gasteiger partial charge in [-0.25, -0.2) is 13.1 Å². The van der Waals surface area contributed by atoms with Crippen LogP contribution in [-0.2, 0) is 10.0 Å². The molecule has 1 unspecified atom stereocenters. The first kappa shape index (κ1) is 19.1. The lowest BCUT2D eigenvalue weighted by Crippen LogP contribution is -2.28. The van der Waals surface area contributed by atoms with Crippen molar-refractivity contribution in [1.29, 1.82) is 0 Å². The summed E-state index contributed by atoms with van der Waals surface area (Å²) in [6.45, 7) is 6.07. The Bertz CT molecular complexity index is 813. The van der Waals surface area contributed by atoms with Crippen molar-refractivity contribution < 1.29 is 13.2 Å². The number of hydrogen-bond acceptors (Lipinski definition) is 3. The average Bonchev–Trinajstić information content (AvgIpc) is 2.60. The number of sulfonamides is 1. The molecule has 25 heavy (non-hydrogen) atoms. The normalized spacial score (nSPS) is 12.6. The van der Waals surface area contributed by atoms with E-state index in [0.29, 0.717) is 12.1 Å². The zero-order valence-electron chi connectivity index (χ0n) is 14.7. The van der Waals surface area contributed by atoms with Gasteiger partial charge < -0.3 is 5.32 Å². The van der Waals surface area contributed by atoms with E-state index < -0.39 is 10.0 Å². The largest absolute Gasteiger partial charge is 0.345 e. The summed E-state index contributed by atoms with van der Waals surface area (Å²) >= 11 is 0. The van der Waals surface area contributed by atoms with Gasteiger partial charge in [-0.1, -0.05) is 43.7 Å². The van der Waals surface area contributed by atoms with Crippen LogP contribution in [0.25, 0.3) is 0 Å². The lowest BCUT2D eigenvalue weighted by molar-refractivity contribution is 0.0935. The van der Waals surface area contributed by atoms with Gasteiger partial charge in [0, 0.05) is 12.1 Å². The van der Waals surface area contributed by atoms with Crippen LogP contribution in [0.1, 0.15) is 47.8 Å². The van der Waals surface area contributed by atoms with Gasteiger partial charge in [-0.15, -0.1) is 0 Å². The molecule has 2 rings (SSSR count). The smallest absolute Gasteiger partial charge is 0.251 e. The molecule has 0 spiro atoms. The first-order chi connectivity index (χ1) is 11.9. The molecule has 0 aliphatic heterocycles. The Morgan fingerprint density at radius 3 is 2.12 bits per heavy atom. The van der Waals surface area contributed by atoms with Crippen LogP contribution in [0.5, 0.6) is 0 Å². The molecule has 0 bridgehead atoms. The maximum atomic E-state index is 12.5. The fourth-order valence-corrected chi connectivity index (χ4v) is 3.56. The number of benzene rings is 2. The summed E-state index contributed by atoms with van der Waals surface area (Å²) < 4.78 is 26.3. The third kappa shape index (κ3) is 4.90. The molecule has 0 saturated heterocycles. The molecule has 1 atom stereocenters. The van der Waals surface area contributed by atoms with Crippen molar-refractivity contribution in [1.82, 2.24) is 10.0 Å². The molecular formula is C19H24N2O3S. The van der Waals surface area contributed by atoms with E-state index in [1.54, 1.807) is 6.92 Å². The molecule has 6 heteroatoms. The van der Waals surface area contributed by atoms with Crippen molar-refractivity contribution in [2.45, 2.75) is 38.1 Å². The number of rotatable bonds is 7. The second-order valence-electron chi connectivity index (χ2n) is 5.87. The molecule has 0 radical (unpaired) electrons. The predicted octanol–water partition coefficient (Wildman–Crippen LogP) is 3.17. The van der Waals surface area contributed by atoms with Crippen LogP contribution in [0, 0.1) is 6.92 Å². The zero-order chi connectivity index (χ0) is 18.4. The van der Waals surface area contributed by atoms with E-state index in [9.17, 15) is 13.2 Å². The third-order valence-corrected chi connectivity index (χ3v) is 5.52. The molecular weight excluding hydrogens is 336 g/mol. The Morgan fingerprint density at radius 1 is 1.00 bits per heavy atom. The van der Waals surface area contributed by atoms with E-state index in [2.05, 4.69) is 10.0 Å². The zero-order valence-corrected chi connectivity index (χ0v) is 15.6. The van der Waals surface area contributed by atoms with Gasteiger partial charge in [0.25, 0.3) is 5.91 Å². The minimum Gasteiger partial charge on any atom is -0.345 e. The predicted molar refractivity (Wildman–Crippen MR) is 99.0 cm³/mol. The highest BCUT2D eigenvalue weighted by atomic mass is 32.2. The van der Waals surface area contributed by atoms with Crippen molar-refractivity contribution in [3.63, 3.8) is 0 Å². The first-order valence-corrected chi connectivity index (χ1v) is 9.82. The van der Waals surface area contributed by atoms with Crippen LogP contribution in [-0.4, -0.2) is 20.9 Å². The van der Waals surface area contributed by atoms with Crippen LogP contribution < -0.4 is 10.0 Å². The average molecular weight is 360 g/mol. The summed E-state index contributed by atoms with van der Waals surface area (Å²) in [5, 5.41) is 3.00. The minimum absolute atomic E-state index is 0.0849. The lowest BCUT2D eigenvalue weighted by atomic mass is 10.0. The number of carbonyl (C=O) groups excluding carboxylic acids is 1. The number of carbonyl (C=O) groups is 1. The van der Waals surface area contributed by atoms with E-state index in [1.807, 2.05) is 38.1 Å². The van der Waals surface area contributed by atoms with Gasteiger partial charge in [0.15, 0.2) is 0 Å². The Kier molecular flexibility index (Phi) is 6.33. The number of amides is 1. The lowest BCUT2D eigenvalue weighted by Gasteiger charge is -2.18. The molecule has 0 heterocycles. The molecule has 2 aromatic carbocycles. The topological polar surface area (TPSA) is 75.3 Å². The molecule has 5 nitrogen and oxygen atoms in total. The molecule has 1 amide bonds. The van der Waals surface area contributed by atoms with Gasteiger partial charge in [-0.2, -0.15) is 0 Å². The summed E-state index contributed by atoms with van der Waals surface area (Å²) in [7, 11) is -3.51. The molecule has 2 N–H and O–H groups in total. The fourth-order valence-electron chi connectivity index (χ4n) is 2.52. The van der Waals surface area contributed by atoms with Gasteiger partial charge >= 0.3 is 0 Å². The van der Waals surface area contributed by atoms with E-state index >= 15 is 0 Å². The first-order valence-electron chi connectivity index (χ1n) is 8.34. The Morgan fingerprint density at radius 2 is 1.60 bits per heavy atom. The summed E-state index contributed by atoms with van der Waals surface area (Å²) in [5.41, 5.74) is 2.65. The van der Waals surface area contributed by atoms with Crippen molar-refractivity contribution in [3.05, 3.63) is 65.2 Å². The molecule has 0 aromatic heterocycles. The van der Waals surface area contributed by atoms with Gasteiger partial charge in [-0.3, -0.25) is 4.79 Å². The fraction of sp³-hybridized carbons (Fsp3) is 0.316. The van der Waals surface area contributed by atoms with Gasteiger partial charge in [-0.05, 0) is 43.2 Å². The van der Waals surface area contributed by atoms with Crippen LogP contribution >= 0.6 is 0 Å². The van der Waals surface area contributed by atoms with Crippen molar-refractivity contribution in [3.8, 4) is 0 Å². The Hall–Kier alpha value is -2.18. The van der Waals surface area contributed by atoms with Gasteiger partial charge in [0.05, 0.1) is 10.9 Å². The van der Waals surface area contributed by atoms with Crippen LogP contribution in [0.3, 0.4) is 0 Å². The maximum absolute atomic E-state index is 12.5. The second-order valence-corrected chi connectivity index (χ2v) is 7.64. The maximum Gasteiger partial charge on any atom is 0.251 e. The minimum atomic E-state index is -3.51. The van der Waals surface area contributed by atoms with Crippen LogP contribution in [0.4, 0.5) is 0 Å². The van der Waals surface area contributed by atoms with Crippen LogP contribution in [0.15, 0.2) is 53.4 Å². The highest BCUT2D eigenvalue weighted by Crippen LogP contribution is 2.18. The van der Waals surface area contributed by atoms with Crippen LogP contribution in [0.2, 0.25) is 0 Å². The van der Waals surface area contributed by atoms with E-state index in [1.165, 1.54) is 29.8 Å². The monoisotopic (exact) mass is 360 g/mol. The third-order valence-electron chi connectivity index (χ3n) is 3.95. The molecule has 2 aromatic rings. The van der Waals surface area contributed by atoms with Crippen molar-refractivity contribution in [2.24, 2.45) is 0 Å². The SMILES string of the molecule is CCNS(=O)(=O)c1ccc(C(=O)NC(CC)c2ccc(C)cc2)cc1. The number of nitrogens with one attached hydrogen (secondary N) is 2. The molecule has 0 saturated carbocycles. The van der Waals surface area contributed by atoms with Gasteiger partial charge in [0.2, 0.25) is 10.0 Å². The summed E-state index contributed by atoms with van der Waals surface area (Å²) in [4.78, 5) is 12.6. The van der Waals surface area contributed by atoms with E-state index in [4.69, 9.17) is 0 Å². The van der Waals surface area contributed by atoms with Crippen molar-refractivity contribution in [2.75, 3.05) is 6.54 Å². The molecule has 0 aliphatic rings. The summed E-state index contributed by atoms with van der Waals surface area (Å²) in [6, 6.07) is 13.9. The van der Waals surface area contributed by atoms with E-state index in [-0.39, 0.29) is 16.8 Å². The van der Waals surface area contributed by atoms with Crippen molar-refractivity contribution >= 4 is 15.9 Å². The highest BCUT2D eigenvalue weighted by molar-refractivity contribution is 7.89. The van der Waals surface area contributed by atoms with Gasteiger partial charge in [0.1, 0.15) is 0 Å². The Balaban J connectivity index is 2.13. The second kappa shape index (κ2) is 8.27.